The van der Waals surface area contributed by atoms with E-state index in [1.165, 1.54) is 6.07 Å². The van der Waals surface area contributed by atoms with Crippen LogP contribution in [0.2, 0.25) is 0 Å². The Labute approximate surface area is 110 Å². The monoisotopic (exact) mass is 253 g/mol. The van der Waals surface area contributed by atoms with E-state index in [-0.39, 0.29) is 11.9 Å². The van der Waals surface area contributed by atoms with Crippen LogP contribution in [0.25, 0.3) is 0 Å². The van der Waals surface area contributed by atoms with Crippen molar-refractivity contribution in [3.63, 3.8) is 0 Å². The highest BCUT2D eigenvalue weighted by Crippen LogP contribution is 2.26. The second-order valence-electron chi connectivity index (χ2n) is 5.31. The third-order valence-electron chi connectivity index (χ3n) is 3.02. The standard InChI is InChI=1S/C15H24FNO/c1-10(2)8-11(3)17-12(4)14-9-13(16)6-7-15(14)18-5/h6-7,9-12,17H,8H2,1-5H3. The van der Waals surface area contributed by atoms with Gasteiger partial charge in [0, 0.05) is 17.6 Å². The van der Waals surface area contributed by atoms with Crippen molar-refractivity contribution >= 4 is 0 Å². The predicted molar refractivity (Wildman–Crippen MR) is 73.4 cm³/mol. The van der Waals surface area contributed by atoms with Crippen LogP contribution in [-0.4, -0.2) is 13.2 Å². The van der Waals surface area contributed by atoms with Crippen LogP contribution in [0.15, 0.2) is 18.2 Å². The molecule has 2 nitrogen and oxygen atoms in total. The second kappa shape index (κ2) is 6.74. The number of benzene rings is 1. The zero-order chi connectivity index (χ0) is 13.7. The van der Waals surface area contributed by atoms with Crippen LogP contribution in [0.4, 0.5) is 4.39 Å². The third kappa shape index (κ3) is 4.30. The summed E-state index contributed by atoms with van der Waals surface area (Å²) in [6, 6.07) is 5.11. The molecule has 1 aromatic carbocycles. The molecule has 0 heterocycles. The Hall–Kier alpha value is -1.09. The first-order valence-corrected chi connectivity index (χ1v) is 6.53. The first kappa shape index (κ1) is 15.0. The average molecular weight is 253 g/mol. The molecule has 18 heavy (non-hydrogen) atoms. The van der Waals surface area contributed by atoms with Gasteiger partial charge >= 0.3 is 0 Å². The van der Waals surface area contributed by atoms with Crippen molar-refractivity contribution in [3.05, 3.63) is 29.6 Å². The van der Waals surface area contributed by atoms with Crippen molar-refractivity contribution in [2.24, 2.45) is 5.92 Å². The minimum atomic E-state index is -0.226. The highest BCUT2D eigenvalue weighted by atomic mass is 19.1. The molecule has 0 aromatic heterocycles. The Morgan fingerprint density at radius 1 is 1.22 bits per heavy atom. The van der Waals surface area contributed by atoms with Gasteiger partial charge in [-0.3, -0.25) is 0 Å². The maximum absolute atomic E-state index is 13.3. The van der Waals surface area contributed by atoms with Gasteiger partial charge in [-0.15, -0.1) is 0 Å². The molecule has 0 amide bonds. The van der Waals surface area contributed by atoms with Crippen LogP contribution in [-0.2, 0) is 0 Å². The number of methoxy groups -OCH3 is 1. The fourth-order valence-corrected chi connectivity index (χ4v) is 2.34. The van der Waals surface area contributed by atoms with E-state index in [0.717, 1.165) is 17.7 Å². The maximum atomic E-state index is 13.3. The van der Waals surface area contributed by atoms with Gasteiger partial charge < -0.3 is 10.1 Å². The summed E-state index contributed by atoms with van der Waals surface area (Å²) >= 11 is 0. The highest BCUT2D eigenvalue weighted by molar-refractivity contribution is 5.36. The van der Waals surface area contributed by atoms with Gasteiger partial charge in [-0.25, -0.2) is 4.39 Å². The number of rotatable bonds is 6. The van der Waals surface area contributed by atoms with Crippen LogP contribution < -0.4 is 10.1 Å². The van der Waals surface area contributed by atoms with Gasteiger partial charge in [0.25, 0.3) is 0 Å². The fraction of sp³-hybridized carbons (Fsp3) is 0.600. The van der Waals surface area contributed by atoms with Gasteiger partial charge in [0.1, 0.15) is 11.6 Å². The second-order valence-corrected chi connectivity index (χ2v) is 5.31. The van der Waals surface area contributed by atoms with Crippen molar-refractivity contribution in [3.8, 4) is 5.75 Å². The Morgan fingerprint density at radius 2 is 1.89 bits per heavy atom. The van der Waals surface area contributed by atoms with Crippen LogP contribution in [0, 0.1) is 11.7 Å². The largest absolute Gasteiger partial charge is 0.496 e. The van der Waals surface area contributed by atoms with E-state index in [9.17, 15) is 4.39 Å². The zero-order valence-electron chi connectivity index (χ0n) is 12.0. The summed E-state index contributed by atoms with van der Waals surface area (Å²) in [7, 11) is 1.61. The summed E-state index contributed by atoms with van der Waals surface area (Å²) in [5.74, 6) is 1.15. The predicted octanol–water partition coefficient (Wildman–Crippen LogP) is 3.92. The summed E-state index contributed by atoms with van der Waals surface area (Å²) in [5, 5.41) is 3.48. The lowest BCUT2D eigenvalue weighted by molar-refractivity contribution is 0.378. The number of hydrogen-bond donors (Lipinski definition) is 1. The van der Waals surface area contributed by atoms with E-state index >= 15 is 0 Å². The molecule has 0 fully saturated rings. The molecule has 3 heteroatoms. The van der Waals surface area contributed by atoms with Crippen molar-refractivity contribution in [1.82, 2.24) is 5.32 Å². The minimum Gasteiger partial charge on any atom is -0.496 e. The van der Waals surface area contributed by atoms with E-state index < -0.39 is 0 Å². The van der Waals surface area contributed by atoms with Crippen LogP contribution in [0.3, 0.4) is 0 Å². The molecule has 0 bridgehead atoms. The van der Waals surface area contributed by atoms with Gasteiger partial charge in [-0.05, 0) is 44.4 Å². The molecule has 1 N–H and O–H groups in total. The smallest absolute Gasteiger partial charge is 0.123 e. The van der Waals surface area contributed by atoms with Crippen molar-refractivity contribution in [2.45, 2.75) is 46.2 Å². The maximum Gasteiger partial charge on any atom is 0.123 e. The molecule has 0 saturated carbocycles. The molecule has 0 radical (unpaired) electrons. The Kier molecular flexibility index (Phi) is 5.60. The molecule has 2 atom stereocenters. The van der Waals surface area contributed by atoms with Gasteiger partial charge in [-0.1, -0.05) is 13.8 Å². The summed E-state index contributed by atoms with van der Waals surface area (Å²) in [4.78, 5) is 0. The van der Waals surface area contributed by atoms with E-state index in [2.05, 4.69) is 26.1 Å². The number of nitrogens with one attached hydrogen (secondary N) is 1. The number of ether oxygens (including phenoxy) is 1. The van der Waals surface area contributed by atoms with E-state index in [1.54, 1.807) is 19.2 Å². The Morgan fingerprint density at radius 3 is 2.44 bits per heavy atom. The minimum absolute atomic E-state index is 0.0735. The van der Waals surface area contributed by atoms with Crippen molar-refractivity contribution in [2.75, 3.05) is 7.11 Å². The summed E-state index contributed by atoms with van der Waals surface area (Å²) < 4.78 is 18.6. The fourth-order valence-electron chi connectivity index (χ4n) is 2.34. The lowest BCUT2D eigenvalue weighted by atomic mass is 10.0. The summed E-state index contributed by atoms with van der Waals surface area (Å²) in [6.45, 7) is 8.59. The molecule has 102 valence electrons. The van der Waals surface area contributed by atoms with E-state index in [0.29, 0.717) is 12.0 Å². The van der Waals surface area contributed by atoms with Crippen molar-refractivity contribution < 1.29 is 9.13 Å². The molecule has 0 aliphatic rings. The molecule has 0 spiro atoms. The van der Waals surface area contributed by atoms with Crippen LogP contribution in [0.1, 0.15) is 45.7 Å². The lowest BCUT2D eigenvalue weighted by Gasteiger charge is -2.23. The molecule has 1 aromatic rings. The molecule has 1 rings (SSSR count). The Bertz CT molecular complexity index is 379. The molecular formula is C15H24FNO. The first-order chi connectivity index (χ1) is 8.43. The third-order valence-corrected chi connectivity index (χ3v) is 3.02. The zero-order valence-corrected chi connectivity index (χ0v) is 12.0. The number of hydrogen-bond acceptors (Lipinski definition) is 2. The normalized spacial score (nSPS) is 14.6. The Balaban J connectivity index is 2.76. The summed E-state index contributed by atoms with van der Waals surface area (Å²) in [6.07, 6.45) is 1.10. The average Bonchev–Trinajstić information content (AvgIpc) is 2.27. The van der Waals surface area contributed by atoms with Crippen LogP contribution >= 0.6 is 0 Å². The van der Waals surface area contributed by atoms with E-state index in [1.807, 2.05) is 6.92 Å². The van der Waals surface area contributed by atoms with Crippen molar-refractivity contribution in [1.29, 1.82) is 0 Å². The lowest BCUT2D eigenvalue weighted by Crippen LogP contribution is -2.30. The quantitative estimate of drug-likeness (QED) is 0.829. The molecular weight excluding hydrogens is 229 g/mol. The topological polar surface area (TPSA) is 21.3 Å². The highest BCUT2D eigenvalue weighted by Gasteiger charge is 2.15. The first-order valence-electron chi connectivity index (χ1n) is 6.53. The van der Waals surface area contributed by atoms with Gasteiger partial charge in [0.2, 0.25) is 0 Å². The van der Waals surface area contributed by atoms with Gasteiger partial charge in [0.15, 0.2) is 0 Å². The van der Waals surface area contributed by atoms with Crippen LogP contribution in [0.5, 0.6) is 5.75 Å². The molecule has 2 unspecified atom stereocenters. The molecule has 0 saturated heterocycles. The van der Waals surface area contributed by atoms with Gasteiger partial charge in [0.05, 0.1) is 7.11 Å². The summed E-state index contributed by atoms with van der Waals surface area (Å²) in [5.41, 5.74) is 0.869. The van der Waals surface area contributed by atoms with E-state index in [4.69, 9.17) is 4.74 Å². The molecule has 0 aliphatic carbocycles. The number of halogens is 1. The van der Waals surface area contributed by atoms with Gasteiger partial charge in [-0.2, -0.15) is 0 Å². The molecule has 0 aliphatic heterocycles. The SMILES string of the molecule is COc1ccc(F)cc1C(C)NC(C)CC(C)C.